The number of carbonyl (C=O) groups excluding carboxylic acids is 3. The van der Waals surface area contributed by atoms with Crippen LogP contribution in [0.3, 0.4) is 0 Å². The van der Waals surface area contributed by atoms with Crippen LogP contribution >= 0.6 is 11.8 Å². The fourth-order valence-corrected chi connectivity index (χ4v) is 4.02. The first-order chi connectivity index (χ1) is 15.8. The largest absolute Gasteiger partial charge is 0.493 e. The van der Waals surface area contributed by atoms with Gasteiger partial charge in [-0.2, -0.15) is 0 Å². The number of benzene rings is 2. The van der Waals surface area contributed by atoms with Crippen molar-refractivity contribution >= 4 is 40.6 Å². The number of likely N-dealkylation sites (N-methyl/N-ethyl adjacent to an activating group) is 1. The van der Waals surface area contributed by atoms with E-state index in [1.165, 1.54) is 26.4 Å². The molecule has 0 saturated carbocycles. The van der Waals surface area contributed by atoms with Crippen molar-refractivity contribution in [1.82, 2.24) is 10.2 Å². The number of nitrogens with one attached hydrogen (secondary N) is 1. The predicted molar refractivity (Wildman–Crippen MR) is 125 cm³/mol. The predicted octanol–water partition coefficient (Wildman–Crippen LogP) is 3.13. The number of amides is 3. The Labute approximate surface area is 195 Å². The second kappa shape index (κ2) is 10.9. The molecule has 3 amide bonds. The van der Waals surface area contributed by atoms with Crippen molar-refractivity contribution in [3.05, 3.63) is 58.8 Å². The molecule has 33 heavy (non-hydrogen) atoms. The lowest BCUT2D eigenvalue weighted by Gasteiger charge is -2.19. The summed E-state index contributed by atoms with van der Waals surface area (Å²) >= 11 is 0.843. The fraction of sp³-hybridized carbons (Fsp3) is 0.261. The molecule has 1 saturated heterocycles. The number of nitrogens with zero attached hydrogens (tertiary/aromatic N) is 2. The number of thioether (sulfide) groups is 1. The van der Waals surface area contributed by atoms with Gasteiger partial charge in [-0.3, -0.25) is 19.3 Å². The average Bonchev–Trinajstić information content (AvgIpc) is 3.06. The van der Waals surface area contributed by atoms with Crippen LogP contribution in [-0.4, -0.2) is 62.9 Å². The zero-order valence-corrected chi connectivity index (χ0v) is 19.3. The van der Waals surface area contributed by atoms with E-state index in [9.17, 15) is 18.8 Å². The van der Waals surface area contributed by atoms with E-state index in [2.05, 4.69) is 5.32 Å². The maximum absolute atomic E-state index is 13.0. The highest BCUT2D eigenvalue weighted by atomic mass is 32.2. The van der Waals surface area contributed by atoms with Gasteiger partial charge in [0.25, 0.3) is 11.1 Å². The van der Waals surface area contributed by atoms with Crippen LogP contribution < -0.4 is 19.7 Å². The molecule has 1 heterocycles. The monoisotopic (exact) mass is 473 g/mol. The molecular formula is C23H24FN3O5S. The minimum Gasteiger partial charge on any atom is -0.493 e. The van der Waals surface area contributed by atoms with Crippen LogP contribution in [0.2, 0.25) is 0 Å². The zero-order chi connectivity index (χ0) is 24.0. The number of ether oxygens (including phenoxy) is 2. The summed E-state index contributed by atoms with van der Waals surface area (Å²) in [6.45, 7) is 0.227. The maximum Gasteiger partial charge on any atom is 0.293 e. The van der Waals surface area contributed by atoms with Gasteiger partial charge in [-0.05, 0) is 59.8 Å². The summed E-state index contributed by atoms with van der Waals surface area (Å²) < 4.78 is 23.5. The third kappa shape index (κ3) is 6.04. The van der Waals surface area contributed by atoms with Gasteiger partial charge < -0.3 is 19.7 Å². The first kappa shape index (κ1) is 24.1. The molecule has 0 aromatic heterocycles. The standard InChI is InChI=1S/C23H24FN3O5S/c1-26(17-7-5-16(24)6-8-17)14-21(28)25-10-11-27-22(29)20(33-23(27)30)13-15-4-9-18(31-2)19(12-15)32-3/h4-9,12-13H,10-11,14H2,1-3H3,(H,25,28)/b20-13-. The van der Waals surface area contributed by atoms with Gasteiger partial charge in [0, 0.05) is 25.8 Å². The van der Waals surface area contributed by atoms with E-state index < -0.39 is 11.1 Å². The molecule has 2 aromatic carbocycles. The first-order valence-corrected chi connectivity index (χ1v) is 10.8. The van der Waals surface area contributed by atoms with Gasteiger partial charge in [-0.1, -0.05) is 6.07 Å². The summed E-state index contributed by atoms with van der Waals surface area (Å²) in [6, 6.07) is 11.0. The van der Waals surface area contributed by atoms with Crippen molar-refractivity contribution in [3.63, 3.8) is 0 Å². The molecule has 1 N–H and O–H groups in total. The molecule has 0 atom stereocenters. The molecule has 0 spiro atoms. The Morgan fingerprint density at radius 2 is 1.82 bits per heavy atom. The molecule has 8 nitrogen and oxygen atoms in total. The van der Waals surface area contributed by atoms with Gasteiger partial charge in [0.05, 0.1) is 25.7 Å². The van der Waals surface area contributed by atoms with Crippen molar-refractivity contribution in [2.24, 2.45) is 0 Å². The molecule has 3 rings (SSSR count). The van der Waals surface area contributed by atoms with E-state index in [1.54, 1.807) is 48.4 Å². The third-order valence-corrected chi connectivity index (χ3v) is 5.79. The number of halogens is 1. The van der Waals surface area contributed by atoms with Gasteiger partial charge in [0.1, 0.15) is 5.82 Å². The Hall–Kier alpha value is -3.53. The van der Waals surface area contributed by atoms with Crippen molar-refractivity contribution in [1.29, 1.82) is 0 Å². The molecule has 1 aliphatic rings. The SMILES string of the molecule is COc1ccc(/C=C2\SC(=O)N(CCNC(=O)CN(C)c3ccc(F)cc3)C2=O)cc1OC. The van der Waals surface area contributed by atoms with Gasteiger partial charge in [-0.25, -0.2) is 4.39 Å². The molecule has 0 bridgehead atoms. The molecular weight excluding hydrogens is 449 g/mol. The second-order valence-electron chi connectivity index (χ2n) is 7.13. The van der Waals surface area contributed by atoms with Crippen LogP contribution in [0.1, 0.15) is 5.56 Å². The van der Waals surface area contributed by atoms with Crippen LogP contribution in [0.4, 0.5) is 14.9 Å². The van der Waals surface area contributed by atoms with Crippen molar-refractivity contribution < 1.29 is 28.2 Å². The summed E-state index contributed by atoms with van der Waals surface area (Å²) in [5.41, 5.74) is 1.38. The number of hydrogen-bond donors (Lipinski definition) is 1. The van der Waals surface area contributed by atoms with Crippen LogP contribution in [-0.2, 0) is 9.59 Å². The van der Waals surface area contributed by atoms with Crippen molar-refractivity contribution in [2.75, 3.05) is 45.8 Å². The summed E-state index contributed by atoms with van der Waals surface area (Å²) in [4.78, 5) is 40.2. The van der Waals surface area contributed by atoms with E-state index in [-0.39, 0.29) is 36.3 Å². The van der Waals surface area contributed by atoms with E-state index in [0.717, 1.165) is 16.7 Å². The lowest BCUT2D eigenvalue weighted by atomic mass is 10.2. The number of hydrogen-bond acceptors (Lipinski definition) is 7. The first-order valence-electron chi connectivity index (χ1n) is 10.0. The number of rotatable bonds is 9. The highest BCUT2D eigenvalue weighted by Gasteiger charge is 2.34. The Morgan fingerprint density at radius 3 is 2.48 bits per heavy atom. The van der Waals surface area contributed by atoms with E-state index in [0.29, 0.717) is 22.7 Å². The minimum absolute atomic E-state index is 0.0483. The van der Waals surface area contributed by atoms with Crippen LogP contribution in [0.5, 0.6) is 11.5 Å². The Bertz CT molecular complexity index is 1070. The molecule has 0 radical (unpaired) electrons. The topological polar surface area (TPSA) is 88.2 Å². The quantitative estimate of drug-likeness (QED) is 0.560. The summed E-state index contributed by atoms with van der Waals surface area (Å²) in [5, 5.41) is 2.30. The van der Waals surface area contributed by atoms with Crippen molar-refractivity contribution in [3.8, 4) is 11.5 Å². The molecule has 10 heteroatoms. The van der Waals surface area contributed by atoms with Crippen molar-refractivity contribution in [2.45, 2.75) is 0 Å². The second-order valence-corrected chi connectivity index (χ2v) is 8.12. The minimum atomic E-state index is -0.419. The maximum atomic E-state index is 13.0. The molecule has 0 aliphatic carbocycles. The molecule has 174 valence electrons. The van der Waals surface area contributed by atoms with E-state index in [1.807, 2.05) is 0 Å². The smallest absolute Gasteiger partial charge is 0.293 e. The Kier molecular flexibility index (Phi) is 7.94. The number of imide groups is 1. The number of carbonyl (C=O) groups is 3. The normalized spacial score (nSPS) is 14.5. The zero-order valence-electron chi connectivity index (χ0n) is 18.5. The van der Waals surface area contributed by atoms with Gasteiger partial charge in [0.2, 0.25) is 5.91 Å². The van der Waals surface area contributed by atoms with E-state index in [4.69, 9.17) is 9.47 Å². The Morgan fingerprint density at radius 1 is 1.12 bits per heavy atom. The lowest BCUT2D eigenvalue weighted by Crippen LogP contribution is -2.40. The number of anilines is 1. The van der Waals surface area contributed by atoms with Gasteiger partial charge in [-0.15, -0.1) is 0 Å². The lowest BCUT2D eigenvalue weighted by molar-refractivity contribution is -0.124. The third-order valence-electron chi connectivity index (χ3n) is 4.88. The summed E-state index contributed by atoms with van der Waals surface area (Å²) in [6.07, 6.45) is 1.61. The summed E-state index contributed by atoms with van der Waals surface area (Å²) in [7, 11) is 4.76. The van der Waals surface area contributed by atoms with Gasteiger partial charge in [0.15, 0.2) is 11.5 Å². The fourth-order valence-electron chi connectivity index (χ4n) is 3.15. The van der Waals surface area contributed by atoms with E-state index >= 15 is 0 Å². The number of methoxy groups -OCH3 is 2. The van der Waals surface area contributed by atoms with Crippen LogP contribution in [0.15, 0.2) is 47.4 Å². The average molecular weight is 474 g/mol. The molecule has 1 fully saturated rings. The highest BCUT2D eigenvalue weighted by Crippen LogP contribution is 2.34. The van der Waals surface area contributed by atoms with Gasteiger partial charge >= 0.3 is 0 Å². The van der Waals surface area contributed by atoms with Crippen LogP contribution in [0.25, 0.3) is 6.08 Å². The molecule has 0 unspecified atom stereocenters. The Balaban J connectivity index is 1.54. The molecule has 1 aliphatic heterocycles. The highest BCUT2D eigenvalue weighted by molar-refractivity contribution is 8.18. The molecule has 2 aromatic rings. The summed E-state index contributed by atoms with van der Waals surface area (Å²) in [5.74, 6) is 0.0171. The van der Waals surface area contributed by atoms with Crippen LogP contribution in [0, 0.1) is 5.82 Å².